The lowest BCUT2D eigenvalue weighted by atomic mass is 9.82. The number of nitrogens with one attached hydrogen (secondary N) is 1. The number of thiophene rings is 1. The smallest absolute Gasteiger partial charge is 0.159 e. The normalized spacial score (nSPS) is 15.5. The lowest BCUT2D eigenvalue weighted by molar-refractivity contribution is 0.654. The SMILES string of the molecule is CC1(C)c2ccccc2-c2cc(C3N=C(c4ccccc4)N=C(c4ccc(-c5cccc6sc7c(ccc8c(-c9ccccc9)nc9ccccc9c87)c56)cc4)N3)ccc21. The Bertz CT molecular complexity index is 3420. The number of hydrogen-bond acceptors (Lipinski definition) is 5. The second kappa shape index (κ2) is 13.4. The van der Waals surface area contributed by atoms with E-state index >= 15 is 0 Å². The number of fused-ring (bicyclic) bond motifs is 10. The van der Waals surface area contributed by atoms with Gasteiger partial charge in [0.2, 0.25) is 0 Å². The zero-order valence-corrected chi connectivity index (χ0v) is 34.0. The molecule has 0 spiro atoms. The van der Waals surface area contributed by atoms with Crippen LogP contribution in [0.1, 0.15) is 47.8 Å². The number of aromatic nitrogens is 1. The van der Waals surface area contributed by atoms with Crippen molar-refractivity contribution in [3.63, 3.8) is 0 Å². The van der Waals surface area contributed by atoms with Crippen molar-refractivity contribution in [2.24, 2.45) is 9.98 Å². The molecule has 0 amide bonds. The van der Waals surface area contributed by atoms with E-state index in [1.54, 1.807) is 0 Å². The van der Waals surface area contributed by atoms with Gasteiger partial charge in [0.15, 0.2) is 5.84 Å². The number of rotatable bonds is 5. The van der Waals surface area contributed by atoms with Gasteiger partial charge in [-0.25, -0.2) is 15.0 Å². The molecule has 0 saturated heterocycles. The van der Waals surface area contributed by atoms with Gasteiger partial charge in [-0.2, -0.15) is 0 Å². The molecule has 3 heterocycles. The van der Waals surface area contributed by atoms with E-state index in [2.05, 4.69) is 183 Å². The average molecular weight is 787 g/mol. The number of pyridine rings is 1. The van der Waals surface area contributed by atoms with E-state index in [9.17, 15) is 0 Å². The predicted octanol–water partition coefficient (Wildman–Crippen LogP) is 13.9. The van der Waals surface area contributed by atoms with Crippen LogP contribution in [0.2, 0.25) is 0 Å². The first-order valence-corrected chi connectivity index (χ1v) is 21.4. The Morgan fingerprint density at radius 3 is 2.03 bits per heavy atom. The Kier molecular flexibility index (Phi) is 7.78. The summed E-state index contributed by atoms with van der Waals surface area (Å²) in [5, 5.41) is 9.91. The van der Waals surface area contributed by atoms with Crippen molar-refractivity contribution in [1.29, 1.82) is 0 Å². The van der Waals surface area contributed by atoms with E-state index in [4.69, 9.17) is 15.0 Å². The summed E-state index contributed by atoms with van der Waals surface area (Å²) in [6.45, 7) is 4.64. The van der Waals surface area contributed by atoms with Gasteiger partial charge in [-0.1, -0.05) is 178 Å². The molecule has 12 rings (SSSR count). The minimum Gasteiger partial charge on any atom is -0.344 e. The quantitative estimate of drug-likeness (QED) is 0.177. The van der Waals surface area contributed by atoms with Crippen molar-refractivity contribution in [2.75, 3.05) is 0 Å². The average Bonchev–Trinajstić information content (AvgIpc) is 3.81. The van der Waals surface area contributed by atoms with Crippen molar-refractivity contribution in [3.8, 4) is 33.5 Å². The molecule has 1 N–H and O–H groups in total. The zero-order valence-electron chi connectivity index (χ0n) is 33.1. The summed E-state index contributed by atoms with van der Waals surface area (Å²) >= 11 is 1.87. The van der Waals surface area contributed by atoms with Crippen LogP contribution in [0.3, 0.4) is 0 Å². The van der Waals surface area contributed by atoms with Crippen LogP contribution in [0.4, 0.5) is 0 Å². The van der Waals surface area contributed by atoms with Crippen LogP contribution in [0, 0.1) is 0 Å². The van der Waals surface area contributed by atoms with Crippen LogP contribution in [0.5, 0.6) is 0 Å². The van der Waals surface area contributed by atoms with Crippen molar-refractivity contribution in [1.82, 2.24) is 10.3 Å². The Morgan fingerprint density at radius 1 is 0.517 bits per heavy atom. The van der Waals surface area contributed by atoms with E-state index in [1.807, 2.05) is 29.5 Å². The summed E-state index contributed by atoms with van der Waals surface area (Å²) in [5.74, 6) is 1.53. The molecule has 0 fully saturated rings. The summed E-state index contributed by atoms with van der Waals surface area (Å²) in [6.07, 6.45) is -0.303. The van der Waals surface area contributed by atoms with Gasteiger partial charge in [-0.05, 0) is 57.1 Å². The van der Waals surface area contributed by atoms with E-state index < -0.39 is 0 Å². The minimum atomic E-state index is -0.303. The van der Waals surface area contributed by atoms with Crippen LogP contribution in [0.25, 0.3) is 75.4 Å². The second-order valence-electron chi connectivity index (χ2n) is 16.4. The van der Waals surface area contributed by atoms with E-state index in [0.717, 1.165) is 45.1 Å². The standard InChI is InChI=1S/C55H38N4S/c1-55(2)44-21-11-9-18-39(44)43-32-37(28-31-45(43)55)54-58-52(35-16-7-4-8-17-35)57-53(59-54)36-26-24-33(25-27-36)38-20-13-23-47-48(38)42-30-29-41-49(51(42)60-47)40-19-10-12-22-46(40)56-50(41)34-14-5-3-6-15-34/h3-32,54H,1-2H3,(H,57,58,59). The van der Waals surface area contributed by atoms with Crippen molar-refractivity contribution >= 4 is 64.9 Å². The first-order chi connectivity index (χ1) is 29.5. The molecule has 1 unspecified atom stereocenters. The molecular weight excluding hydrogens is 749 g/mol. The molecule has 10 aromatic rings. The van der Waals surface area contributed by atoms with Gasteiger partial charge in [-0.15, -0.1) is 11.3 Å². The van der Waals surface area contributed by atoms with Crippen molar-refractivity contribution < 1.29 is 0 Å². The number of para-hydroxylation sites is 1. The molecule has 5 heteroatoms. The Labute approximate surface area is 352 Å². The van der Waals surface area contributed by atoms with E-state index in [0.29, 0.717) is 0 Å². The van der Waals surface area contributed by atoms with Crippen LogP contribution in [0.15, 0.2) is 192 Å². The van der Waals surface area contributed by atoms with Gasteiger partial charge in [0.05, 0.1) is 11.2 Å². The van der Waals surface area contributed by atoms with Crippen LogP contribution < -0.4 is 5.32 Å². The molecule has 8 aromatic carbocycles. The molecule has 1 aliphatic heterocycles. The molecule has 1 atom stereocenters. The Morgan fingerprint density at radius 2 is 1.20 bits per heavy atom. The van der Waals surface area contributed by atoms with Crippen molar-refractivity contribution in [2.45, 2.75) is 25.4 Å². The summed E-state index contributed by atoms with van der Waals surface area (Å²) in [5.41, 5.74) is 13.9. The summed E-state index contributed by atoms with van der Waals surface area (Å²) < 4.78 is 2.56. The monoisotopic (exact) mass is 786 g/mol. The highest BCUT2D eigenvalue weighted by Crippen LogP contribution is 2.50. The fraction of sp³-hybridized carbons (Fsp3) is 0.0727. The highest BCUT2D eigenvalue weighted by atomic mass is 32.1. The third kappa shape index (κ3) is 5.39. The topological polar surface area (TPSA) is 49.6 Å². The fourth-order valence-corrected chi connectivity index (χ4v) is 10.9. The molecule has 0 saturated carbocycles. The molecule has 2 aromatic heterocycles. The molecule has 4 nitrogen and oxygen atoms in total. The molecule has 1 aliphatic carbocycles. The molecule has 2 aliphatic rings. The second-order valence-corrected chi connectivity index (χ2v) is 17.4. The maximum Gasteiger partial charge on any atom is 0.159 e. The number of amidine groups is 2. The lowest BCUT2D eigenvalue weighted by Crippen LogP contribution is -2.33. The lowest BCUT2D eigenvalue weighted by Gasteiger charge is -2.25. The highest BCUT2D eigenvalue weighted by Gasteiger charge is 2.36. The largest absolute Gasteiger partial charge is 0.344 e. The minimum absolute atomic E-state index is 0.0531. The highest BCUT2D eigenvalue weighted by molar-refractivity contribution is 7.27. The third-order valence-corrected chi connectivity index (χ3v) is 13.7. The van der Waals surface area contributed by atoms with E-state index in [-0.39, 0.29) is 11.6 Å². The molecule has 0 bridgehead atoms. The molecular formula is C55H38N4S. The molecule has 0 radical (unpaired) electrons. The van der Waals surface area contributed by atoms with Gasteiger partial charge in [0, 0.05) is 58.4 Å². The first kappa shape index (κ1) is 34.8. The maximum atomic E-state index is 5.22. The van der Waals surface area contributed by atoms with Gasteiger partial charge in [0.25, 0.3) is 0 Å². The van der Waals surface area contributed by atoms with Crippen LogP contribution in [-0.2, 0) is 5.41 Å². The third-order valence-electron chi connectivity index (χ3n) is 12.5. The number of nitrogens with zero attached hydrogens (tertiary/aromatic N) is 3. The fourth-order valence-electron chi connectivity index (χ4n) is 9.57. The number of aliphatic imine (C=N–C) groups is 2. The van der Waals surface area contributed by atoms with Gasteiger partial charge in [-0.3, -0.25) is 0 Å². The number of hydrogen-bond donors (Lipinski definition) is 1. The van der Waals surface area contributed by atoms with Gasteiger partial charge < -0.3 is 5.32 Å². The zero-order chi connectivity index (χ0) is 40.0. The van der Waals surface area contributed by atoms with Crippen LogP contribution >= 0.6 is 11.3 Å². The first-order valence-electron chi connectivity index (χ1n) is 20.6. The molecule has 60 heavy (non-hydrogen) atoms. The summed E-state index contributed by atoms with van der Waals surface area (Å²) in [4.78, 5) is 15.6. The van der Waals surface area contributed by atoms with Gasteiger partial charge >= 0.3 is 0 Å². The van der Waals surface area contributed by atoms with Crippen molar-refractivity contribution in [3.05, 3.63) is 210 Å². The molecule has 284 valence electrons. The summed E-state index contributed by atoms with van der Waals surface area (Å²) in [6, 6.07) is 65.2. The van der Waals surface area contributed by atoms with Crippen LogP contribution in [-0.4, -0.2) is 16.7 Å². The van der Waals surface area contributed by atoms with Gasteiger partial charge in [0.1, 0.15) is 12.0 Å². The maximum absolute atomic E-state index is 5.22. The van der Waals surface area contributed by atoms with E-state index in [1.165, 1.54) is 69.7 Å². The predicted molar refractivity (Wildman–Crippen MR) is 252 cm³/mol. The Hall–Kier alpha value is -7.21. The summed E-state index contributed by atoms with van der Waals surface area (Å²) in [7, 11) is 0. The number of benzene rings is 8. The Balaban J connectivity index is 0.951.